The summed E-state index contributed by atoms with van der Waals surface area (Å²) in [4.78, 5) is 22.3. The Balaban J connectivity index is 1.63. The number of rotatable bonds is 7. The zero-order valence-corrected chi connectivity index (χ0v) is 17.5. The van der Waals surface area contributed by atoms with Crippen LogP contribution in [0.25, 0.3) is 0 Å². The molecular formula is C18H23N5O6S. The third-order valence-corrected chi connectivity index (χ3v) is 6.99. The fraction of sp³-hybridized carbons (Fsp3) is 0.444. The number of methoxy groups -OCH3 is 1. The summed E-state index contributed by atoms with van der Waals surface area (Å²) in [5, 5.41) is 17.9. The molecule has 162 valence electrons. The molecule has 0 spiro atoms. The molecule has 1 aliphatic rings. The first-order valence-electron chi connectivity index (χ1n) is 9.32. The van der Waals surface area contributed by atoms with Crippen LogP contribution in [-0.2, 0) is 17.1 Å². The van der Waals surface area contributed by atoms with Crippen LogP contribution in [0.3, 0.4) is 0 Å². The first-order chi connectivity index (χ1) is 14.2. The molecule has 11 nitrogen and oxygen atoms in total. The van der Waals surface area contributed by atoms with Crippen LogP contribution in [0, 0.1) is 16.0 Å². The molecule has 1 aromatic heterocycles. The van der Waals surface area contributed by atoms with Gasteiger partial charge in [-0.1, -0.05) is 0 Å². The molecule has 1 aliphatic heterocycles. The number of nitrogens with one attached hydrogen (secondary N) is 1. The van der Waals surface area contributed by atoms with Crippen molar-refractivity contribution in [2.45, 2.75) is 17.7 Å². The predicted molar refractivity (Wildman–Crippen MR) is 107 cm³/mol. The summed E-state index contributed by atoms with van der Waals surface area (Å²) >= 11 is 0. The lowest BCUT2D eigenvalue weighted by Crippen LogP contribution is -2.41. The van der Waals surface area contributed by atoms with Crippen molar-refractivity contribution >= 4 is 21.6 Å². The number of nitrogens with zero attached hydrogens (tertiary/aromatic N) is 4. The first-order valence-corrected chi connectivity index (χ1v) is 10.8. The highest BCUT2D eigenvalue weighted by Crippen LogP contribution is 2.32. The van der Waals surface area contributed by atoms with Crippen LogP contribution in [0.1, 0.15) is 23.2 Å². The van der Waals surface area contributed by atoms with Crippen molar-refractivity contribution in [2.75, 3.05) is 26.7 Å². The molecule has 0 unspecified atom stereocenters. The topological polar surface area (TPSA) is 137 Å². The average molecular weight is 437 g/mol. The molecule has 1 fully saturated rings. The Bertz CT molecular complexity index is 1040. The van der Waals surface area contributed by atoms with Crippen LogP contribution in [0.4, 0.5) is 5.69 Å². The number of nitro benzene ring substituents is 1. The number of carbonyl (C=O) groups is 1. The Kier molecular flexibility index (Phi) is 6.37. The molecule has 0 atom stereocenters. The number of hydrogen-bond donors (Lipinski definition) is 1. The number of aromatic nitrogens is 2. The molecule has 2 aromatic rings. The number of carbonyl (C=O) groups excluding carboxylic acids is 1. The lowest BCUT2D eigenvalue weighted by molar-refractivity contribution is -0.385. The van der Waals surface area contributed by atoms with Gasteiger partial charge in [-0.05, 0) is 24.8 Å². The van der Waals surface area contributed by atoms with E-state index in [1.807, 2.05) is 0 Å². The number of benzene rings is 1. The van der Waals surface area contributed by atoms with E-state index in [-0.39, 0.29) is 41.2 Å². The number of piperidine rings is 1. The highest BCUT2D eigenvalue weighted by Gasteiger charge is 2.33. The Morgan fingerprint density at radius 2 is 2.07 bits per heavy atom. The van der Waals surface area contributed by atoms with Gasteiger partial charge in [-0.2, -0.15) is 9.40 Å². The van der Waals surface area contributed by atoms with E-state index in [9.17, 15) is 23.3 Å². The molecule has 0 radical (unpaired) electrons. The normalized spacial score (nSPS) is 15.7. The number of sulfonamides is 1. The van der Waals surface area contributed by atoms with E-state index in [4.69, 9.17) is 4.74 Å². The Hall–Kier alpha value is -2.99. The molecular weight excluding hydrogens is 414 g/mol. The molecule has 12 heteroatoms. The second-order valence-electron chi connectivity index (χ2n) is 7.05. The molecule has 30 heavy (non-hydrogen) atoms. The second-order valence-corrected chi connectivity index (χ2v) is 8.96. The van der Waals surface area contributed by atoms with Gasteiger partial charge >= 0.3 is 0 Å². The lowest BCUT2D eigenvalue weighted by Gasteiger charge is -2.31. The number of amides is 1. The number of nitro groups is 1. The SMILES string of the molecule is COc1ccc([N+](=O)[O-])cc1S(=O)(=O)N1CCC(CNC(=O)c2cnn(C)c2)CC1. The largest absolute Gasteiger partial charge is 0.495 e. The Morgan fingerprint density at radius 1 is 1.37 bits per heavy atom. The van der Waals surface area contributed by atoms with Crippen LogP contribution < -0.4 is 10.1 Å². The maximum atomic E-state index is 13.0. The van der Waals surface area contributed by atoms with Crippen LogP contribution in [0.5, 0.6) is 5.75 Å². The van der Waals surface area contributed by atoms with Gasteiger partial charge in [0.2, 0.25) is 10.0 Å². The van der Waals surface area contributed by atoms with Gasteiger partial charge in [-0.3, -0.25) is 19.6 Å². The minimum Gasteiger partial charge on any atom is -0.495 e. The number of hydrogen-bond acceptors (Lipinski definition) is 7. The maximum Gasteiger partial charge on any atom is 0.271 e. The van der Waals surface area contributed by atoms with Crippen molar-refractivity contribution in [1.82, 2.24) is 19.4 Å². The van der Waals surface area contributed by atoms with Gasteiger partial charge in [0.1, 0.15) is 10.6 Å². The van der Waals surface area contributed by atoms with E-state index in [2.05, 4.69) is 10.4 Å². The summed E-state index contributed by atoms with van der Waals surface area (Å²) in [6.45, 7) is 0.935. The van der Waals surface area contributed by atoms with Crippen molar-refractivity contribution < 1.29 is 22.9 Å². The standard InChI is InChI=1S/C18H23N5O6S/c1-21-12-14(11-20-21)18(24)19-10-13-5-7-22(8-6-13)30(27,28)17-9-15(23(25)26)3-4-16(17)29-2/h3-4,9,11-13H,5-8,10H2,1-2H3,(H,19,24). The van der Waals surface area contributed by atoms with E-state index >= 15 is 0 Å². The molecule has 3 rings (SSSR count). The molecule has 1 amide bonds. The monoisotopic (exact) mass is 437 g/mol. The summed E-state index contributed by atoms with van der Waals surface area (Å²) < 4.78 is 34.0. The fourth-order valence-electron chi connectivity index (χ4n) is 3.35. The number of non-ortho nitro benzene ring substituents is 1. The fourth-order valence-corrected chi connectivity index (χ4v) is 5.00. The molecule has 0 bridgehead atoms. The molecule has 0 saturated carbocycles. The summed E-state index contributed by atoms with van der Waals surface area (Å²) in [7, 11) is -0.908. The quantitative estimate of drug-likeness (QED) is 0.507. The molecule has 1 aromatic carbocycles. The van der Waals surface area contributed by atoms with Crippen molar-refractivity contribution in [3.8, 4) is 5.75 Å². The van der Waals surface area contributed by atoms with Gasteiger partial charge in [0.15, 0.2) is 0 Å². The van der Waals surface area contributed by atoms with Gasteiger partial charge in [-0.25, -0.2) is 8.42 Å². The highest BCUT2D eigenvalue weighted by atomic mass is 32.2. The third-order valence-electron chi connectivity index (χ3n) is 5.07. The van der Waals surface area contributed by atoms with Crippen LogP contribution in [0.2, 0.25) is 0 Å². The van der Waals surface area contributed by atoms with Crippen LogP contribution in [-0.4, -0.2) is 60.1 Å². The number of ether oxygens (including phenoxy) is 1. The minimum atomic E-state index is -3.95. The zero-order valence-electron chi connectivity index (χ0n) is 16.6. The zero-order chi connectivity index (χ0) is 21.9. The lowest BCUT2D eigenvalue weighted by atomic mass is 9.98. The van der Waals surface area contributed by atoms with Crippen molar-refractivity contribution in [2.24, 2.45) is 13.0 Å². The van der Waals surface area contributed by atoms with Crippen LogP contribution in [0.15, 0.2) is 35.5 Å². The summed E-state index contributed by atoms with van der Waals surface area (Å²) in [5.41, 5.74) is 0.151. The van der Waals surface area contributed by atoms with E-state index in [0.717, 1.165) is 6.07 Å². The minimum absolute atomic E-state index is 0.0615. The van der Waals surface area contributed by atoms with Crippen LogP contribution >= 0.6 is 0 Å². The number of aryl methyl sites for hydroxylation is 1. The third kappa shape index (κ3) is 4.60. The average Bonchev–Trinajstić information content (AvgIpc) is 3.18. The van der Waals surface area contributed by atoms with Gasteiger partial charge in [-0.15, -0.1) is 0 Å². The molecule has 0 aliphatic carbocycles. The smallest absolute Gasteiger partial charge is 0.271 e. The predicted octanol–water partition coefficient (Wildman–Crippen LogP) is 1.17. The summed E-state index contributed by atoms with van der Waals surface area (Å²) in [6.07, 6.45) is 4.22. The Morgan fingerprint density at radius 3 is 2.63 bits per heavy atom. The Labute approximate surface area is 173 Å². The van der Waals surface area contributed by atoms with E-state index < -0.39 is 14.9 Å². The van der Waals surface area contributed by atoms with Crippen molar-refractivity contribution in [3.05, 3.63) is 46.3 Å². The summed E-state index contributed by atoms with van der Waals surface area (Å²) in [5.74, 6) is -0.0324. The molecule has 1 saturated heterocycles. The van der Waals surface area contributed by atoms with Crippen molar-refractivity contribution in [1.29, 1.82) is 0 Å². The van der Waals surface area contributed by atoms with Gasteiger partial charge in [0.05, 0.1) is 23.8 Å². The maximum absolute atomic E-state index is 13.0. The van der Waals surface area contributed by atoms with Crippen molar-refractivity contribution in [3.63, 3.8) is 0 Å². The highest BCUT2D eigenvalue weighted by molar-refractivity contribution is 7.89. The van der Waals surface area contributed by atoms with E-state index in [1.54, 1.807) is 17.9 Å². The second kappa shape index (κ2) is 8.79. The first kappa shape index (κ1) is 21.7. The van der Waals surface area contributed by atoms with E-state index in [1.165, 1.54) is 29.7 Å². The summed E-state index contributed by atoms with van der Waals surface area (Å²) in [6, 6.07) is 3.51. The van der Waals surface area contributed by atoms with Gasteiger partial charge < -0.3 is 10.1 Å². The molecule has 2 heterocycles. The van der Waals surface area contributed by atoms with Gasteiger partial charge in [0.25, 0.3) is 11.6 Å². The molecule has 1 N–H and O–H groups in total. The van der Waals surface area contributed by atoms with E-state index in [0.29, 0.717) is 24.9 Å². The van der Waals surface area contributed by atoms with Gasteiger partial charge in [0, 0.05) is 45.0 Å².